The van der Waals surface area contributed by atoms with Gasteiger partial charge in [-0.15, -0.1) is 5.10 Å². The van der Waals surface area contributed by atoms with Gasteiger partial charge in [0.25, 0.3) is 0 Å². The molecular formula is C17H19N3O. The topological polar surface area (TPSA) is 47.8 Å². The minimum atomic E-state index is 0.182. The highest BCUT2D eigenvalue weighted by molar-refractivity contribution is 5.94. The van der Waals surface area contributed by atoms with E-state index >= 15 is 0 Å². The number of hydrogen-bond donors (Lipinski definition) is 0. The number of hydrogen-bond acceptors (Lipinski definition) is 3. The summed E-state index contributed by atoms with van der Waals surface area (Å²) in [4.78, 5) is 12.6. The van der Waals surface area contributed by atoms with Gasteiger partial charge in [0.15, 0.2) is 5.78 Å². The Labute approximate surface area is 124 Å². The van der Waals surface area contributed by atoms with Gasteiger partial charge in [-0.05, 0) is 49.1 Å². The van der Waals surface area contributed by atoms with Crippen molar-refractivity contribution >= 4 is 5.78 Å². The molecule has 2 aromatic rings. The van der Waals surface area contributed by atoms with Crippen LogP contribution in [0, 0.1) is 17.8 Å². The molecule has 2 saturated carbocycles. The lowest BCUT2D eigenvalue weighted by Crippen LogP contribution is -2.17. The highest BCUT2D eigenvalue weighted by Crippen LogP contribution is 2.49. The molecule has 4 rings (SSSR count). The van der Waals surface area contributed by atoms with E-state index in [-0.39, 0.29) is 5.78 Å². The van der Waals surface area contributed by atoms with Crippen LogP contribution in [0.25, 0.3) is 5.69 Å². The van der Waals surface area contributed by atoms with Gasteiger partial charge < -0.3 is 0 Å². The van der Waals surface area contributed by atoms with E-state index in [0.717, 1.165) is 17.5 Å². The first-order chi connectivity index (χ1) is 10.3. The number of Topliss-reactive ketones (excluding diaryl/α,β-unsaturated/α-hetero) is 1. The molecule has 1 heterocycles. The second-order valence-electron chi connectivity index (χ2n) is 6.43. The Hall–Kier alpha value is -1.97. The van der Waals surface area contributed by atoms with Crippen LogP contribution in [0.15, 0.2) is 36.5 Å². The molecular weight excluding hydrogens is 262 g/mol. The van der Waals surface area contributed by atoms with Crippen molar-refractivity contribution in [3.8, 4) is 5.69 Å². The van der Waals surface area contributed by atoms with Crippen molar-refractivity contribution in [2.45, 2.75) is 32.1 Å². The van der Waals surface area contributed by atoms with Gasteiger partial charge in [-0.25, -0.2) is 4.68 Å². The zero-order chi connectivity index (χ0) is 14.2. The average molecular weight is 281 g/mol. The third-order valence-corrected chi connectivity index (χ3v) is 5.17. The molecule has 108 valence electrons. The van der Waals surface area contributed by atoms with Crippen LogP contribution in [0.4, 0.5) is 0 Å². The number of carbonyl (C=O) groups is 1. The fourth-order valence-electron chi connectivity index (χ4n) is 4.15. The molecule has 2 aliphatic carbocycles. The van der Waals surface area contributed by atoms with Gasteiger partial charge in [0.2, 0.25) is 0 Å². The van der Waals surface area contributed by atoms with Crippen LogP contribution in [0.2, 0.25) is 0 Å². The van der Waals surface area contributed by atoms with Gasteiger partial charge in [0.1, 0.15) is 5.69 Å². The summed E-state index contributed by atoms with van der Waals surface area (Å²) in [7, 11) is 0. The monoisotopic (exact) mass is 281 g/mol. The molecule has 0 radical (unpaired) electrons. The molecule has 21 heavy (non-hydrogen) atoms. The lowest BCUT2D eigenvalue weighted by Gasteiger charge is -2.20. The zero-order valence-corrected chi connectivity index (χ0v) is 12.0. The van der Waals surface area contributed by atoms with Crippen molar-refractivity contribution in [3.63, 3.8) is 0 Å². The maximum atomic E-state index is 12.6. The summed E-state index contributed by atoms with van der Waals surface area (Å²) in [5.41, 5.74) is 1.51. The third-order valence-electron chi connectivity index (χ3n) is 5.17. The number of aromatic nitrogens is 3. The molecule has 3 atom stereocenters. The van der Waals surface area contributed by atoms with E-state index in [1.807, 2.05) is 30.3 Å². The molecule has 2 fully saturated rings. The van der Waals surface area contributed by atoms with Gasteiger partial charge in [-0.1, -0.05) is 29.8 Å². The van der Waals surface area contributed by atoms with E-state index in [1.54, 1.807) is 10.9 Å². The minimum Gasteiger partial charge on any atom is -0.292 e. The number of carbonyl (C=O) groups excluding carboxylic acids is 1. The summed E-state index contributed by atoms with van der Waals surface area (Å²) in [5.74, 6) is 2.42. The largest absolute Gasteiger partial charge is 0.292 e. The molecule has 2 aliphatic rings. The van der Waals surface area contributed by atoms with E-state index in [1.165, 1.54) is 25.7 Å². The van der Waals surface area contributed by atoms with Crippen molar-refractivity contribution in [2.24, 2.45) is 17.8 Å². The fourth-order valence-corrected chi connectivity index (χ4v) is 4.15. The minimum absolute atomic E-state index is 0.182. The van der Waals surface area contributed by atoms with Gasteiger partial charge in [-0.3, -0.25) is 4.79 Å². The Bertz CT molecular complexity index is 649. The Morgan fingerprint density at radius 1 is 1.19 bits per heavy atom. The first-order valence-corrected chi connectivity index (χ1v) is 7.80. The normalized spacial score (nSPS) is 27.1. The van der Waals surface area contributed by atoms with Crippen LogP contribution in [0.3, 0.4) is 0 Å². The summed E-state index contributed by atoms with van der Waals surface area (Å²) < 4.78 is 1.66. The Morgan fingerprint density at radius 2 is 2.05 bits per heavy atom. The van der Waals surface area contributed by atoms with Crippen molar-refractivity contribution < 1.29 is 4.79 Å². The zero-order valence-electron chi connectivity index (χ0n) is 12.0. The molecule has 0 spiro atoms. The van der Waals surface area contributed by atoms with Crippen LogP contribution < -0.4 is 0 Å². The lowest BCUT2D eigenvalue weighted by atomic mass is 9.85. The third kappa shape index (κ3) is 2.28. The smallest absolute Gasteiger partial charge is 0.183 e. The number of rotatable bonds is 4. The molecule has 0 saturated heterocycles. The van der Waals surface area contributed by atoms with E-state index in [4.69, 9.17) is 0 Å². The van der Waals surface area contributed by atoms with Crippen molar-refractivity contribution in [1.82, 2.24) is 15.0 Å². The van der Waals surface area contributed by atoms with Crippen molar-refractivity contribution in [1.29, 1.82) is 0 Å². The molecule has 0 aliphatic heterocycles. The fraction of sp³-hybridized carbons (Fsp3) is 0.471. The van der Waals surface area contributed by atoms with Gasteiger partial charge in [-0.2, -0.15) is 0 Å². The SMILES string of the molecule is O=C(CC1CC2CCC1C2)c1cnnn1-c1ccccc1. The maximum absolute atomic E-state index is 12.6. The average Bonchev–Trinajstić information content (AvgIpc) is 3.24. The highest BCUT2D eigenvalue weighted by atomic mass is 16.1. The van der Waals surface area contributed by atoms with E-state index in [0.29, 0.717) is 18.0 Å². The lowest BCUT2D eigenvalue weighted by molar-refractivity contribution is 0.0936. The molecule has 0 amide bonds. The highest BCUT2D eigenvalue weighted by Gasteiger charge is 2.40. The van der Waals surface area contributed by atoms with E-state index < -0.39 is 0 Å². The Balaban J connectivity index is 1.54. The second kappa shape index (κ2) is 5.10. The van der Waals surface area contributed by atoms with Crippen LogP contribution >= 0.6 is 0 Å². The van der Waals surface area contributed by atoms with Gasteiger partial charge in [0.05, 0.1) is 11.9 Å². The molecule has 2 bridgehead atoms. The van der Waals surface area contributed by atoms with E-state index in [9.17, 15) is 4.79 Å². The number of benzene rings is 1. The number of ketones is 1. The summed E-state index contributed by atoms with van der Waals surface area (Å²) >= 11 is 0. The molecule has 0 N–H and O–H groups in total. The standard InChI is InChI=1S/C17H19N3O/c21-17(10-14-9-12-6-7-13(14)8-12)16-11-18-19-20(16)15-4-2-1-3-5-15/h1-5,11-14H,6-10H2. The number of para-hydroxylation sites is 1. The summed E-state index contributed by atoms with van der Waals surface area (Å²) in [6, 6.07) is 9.74. The molecule has 4 heteroatoms. The van der Waals surface area contributed by atoms with Crippen molar-refractivity contribution in [2.75, 3.05) is 0 Å². The van der Waals surface area contributed by atoms with Gasteiger partial charge in [0, 0.05) is 6.42 Å². The maximum Gasteiger partial charge on any atom is 0.183 e. The number of nitrogens with zero attached hydrogens (tertiary/aromatic N) is 3. The summed E-state index contributed by atoms with van der Waals surface area (Å²) in [5, 5.41) is 8.01. The van der Waals surface area contributed by atoms with Crippen LogP contribution in [-0.4, -0.2) is 20.8 Å². The van der Waals surface area contributed by atoms with Gasteiger partial charge >= 0.3 is 0 Å². The second-order valence-corrected chi connectivity index (χ2v) is 6.43. The van der Waals surface area contributed by atoms with Crippen molar-refractivity contribution in [3.05, 3.63) is 42.2 Å². The molecule has 4 nitrogen and oxygen atoms in total. The van der Waals surface area contributed by atoms with Crippen LogP contribution in [0.1, 0.15) is 42.6 Å². The summed E-state index contributed by atoms with van der Waals surface area (Å²) in [6.07, 6.45) is 7.53. The molecule has 3 unspecified atom stereocenters. The Kier molecular flexibility index (Phi) is 3.09. The van der Waals surface area contributed by atoms with Crippen LogP contribution in [-0.2, 0) is 0 Å². The molecule has 1 aromatic heterocycles. The first-order valence-electron chi connectivity index (χ1n) is 7.80. The number of fused-ring (bicyclic) bond motifs is 2. The quantitative estimate of drug-likeness (QED) is 0.808. The van der Waals surface area contributed by atoms with Crippen LogP contribution in [0.5, 0.6) is 0 Å². The predicted octanol–water partition coefficient (Wildman–Crippen LogP) is 3.28. The van der Waals surface area contributed by atoms with E-state index in [2.05, 4.69) is 10.3 Å². The predicted molar refractivity (Wildman–Crippen MR) is 79.2 cm³/mol. The molecule has 1 aromatic carbocycles. The first kappa shape index (κ1) is 12.7. The summed E-state index contributed by atoms with van der Waals surface area (Å²) in [6.45, 7) is 0. The Morgan fingerprint density at radius 3 is 2.76 bits per heavy atom.